The van der Waals surface area contributed by atoms with Crippen molar-refractivity contribution in [3.8, 4) is 0 Å². The molecule has 0 aliphatic carbocycles. The van der Waals surface area contributed by atoms with Gasteiger partial charge in [0.2, 0.25) is 0 Å². The smallest absolute Gasteiger partial charge is 0.397 e. The van der Waals surface area contributed by atoms with Crippen molar-refractivity contribution in [1.82, 2.24) is 10.1 Å². The molecule has 3 aliphatic heterocycles. The van der Waals surface area contributed by atoms with Gasteiger partial charge in [-0.2, -0.15) is 0 Å². The standard InChI is InChI=1S/C14H10N2O9/c17-9-3-4-10(18)23-14(22-9)7-1-2-8-15(14)13(21)16-24-11(19)5-6-12(20)25-16/h1-6H,7-8H2. The van der Waals surface area contributed by atoms with E-state index in [0.29, 0.717) is 0 Å². The Hall–Kier alpha value is -3.63. The van der Waals surface area contributed by atoms with Crippen LogP contribution in [0.4, 0.5) is 4.79 Å². The van der Waals surface area contributed by atoms with Gasteiger partial charge in [0.25, 0.3) is 0 Å². The molecule has 0 aromatic rings. The molecule has 130 valence electrons. The molecule has 0 N–H and O–H groups in total. The highest BCUT2D eigenvalue weighted by atomic mass is 17.0. The van der Waals surface area contributed by atoms with Gasteiger partial charge in [0, 0.05) is 36.1 Å². The molecule has 3 heterocycles. The van der Waals surface area contributed by atoms with Gasteiger partial charge in [0.15, 0.2) is 0 Å². The number of carbonyl (C=O) groups excluding carboxylic acids is 5. The van der Waals surface area contributed by atoms with Crippen molar-refractivity contribution in [2.45, 2.75) is 12.3 Å². The second kappa shape index (κ2) is 6.11. The summed E-state index contributed by atoms with van der Waals surface area (Å²) >= 11 is 0. The number of amides is 2. The van der Waals surface area contributed by atoms with Crippen molar-refractivity contribution >= 4 is 29.9 Å². The molecule has 3 rings (SSSR count). The zero-order valence-electron chi connectivity index (χ0n) is 12.4. The summed E-state index contributed by atoms with van der Waals surface area (Å²) in [5.41, 5.74) is 0. The fourth-order valence-electron chi connectivity index (χ4n) is 2.17. The molecule has 11 nitrogen and oxygen atoms in total. The number of ether oxygens (including phenoxy) is 2. The molecular weight excluding hydrogens is 340 g/mol. The van der Waals surface area contributed by atoms with Crippen LogP contribution in [0.15, 0.2) is 36.5 Å². The fraction of sp³-hybridized carbons (Fsp3) is 0.214. The highest BCUT2D eigenvalue weighted by Crippen LogP contribution is 2.31. The first-order valence-electron chi connectivity index (χ1n) is 6.92. The van der Waals surface area contributed by atoms with Crippen LogP contribution in [0, 0.1) is 0 Å². The minimum atomic E-state index is -2.11. The van der Waals surface area contributed by atoms with E-state index in [4.69, 9.17) is 9.47 Å². The van der Waals surface area contributed by atoms with Crippen molar-refractivity contribution in [3.05, 3.63) is 36.5 Å². The summed E-state index contributed by atoms with van der Waals surface area (Å²) < 4.78 is 10.2. The molecule has 25 heavy (non-hydrogen) atoms. The van der Waals surface area contributed by atoms with Gasteiger partial charge >= 0.3 is 35.8 Å². The van der Waals surface area contributed by atoms with Crippen molar-refractivity contribution in [2.24, 2.45) is 0 Å². The third kappa shape index (κ3) is 3.20. The summed E-state index contributed by atoms with van der Waals surface area (Å²) in [7, 11) is 0. The second-order valence-electron chi connectivity index (χ2n) is 4.87. The summed E-state index contributed by atoms with van der Waals surface area (Å²) in [6.45, 7) is -0.182. The summed E-state index contributed by atoms with van der Waals surface area (Å²) in [5, 5.41) is 0.0194. The van der Waals surface area contributed by atoms with Gasteiger partial charge < -0.3 is 9.47 Å². The van der Waals surface area contributed by atoms with E-state index in [1.54, 1.807) is 0 Å². The molecule has 1 spiro atoms. The van der Waals surface area contributed by atoms with Crippen LogP contribution in [0.2, 0.25) is 0 Å². The quantitative estimate of drug-likeness (QED) is 0.418. The normalized spacial score (nSPS) is 21.9. The van der Waals surface area contributed by atoms with Crippen LogP contribution in [0.1, 0.15) is 6.42 Å². The monoisotopic (exact) mass is 350 g/mol. The second-order valence-corrected chi connectivity index (χ2v) is 4.87. The Morgan fingerprint density at radius 2 is 1.36 bits per heavy atom. The zero-order chi connectivity index (χ0) is 18.0. The summed E-state index contributed by atoms with van der Waals surface area (Å²) in [6.07, 6.45) is 6.07. The minimum absolute atomic E-state index is 0.0194. The van der Waals surface area contributed by atoms with Gasteiger partial charge in [-0.15, -0.1) is 0 Å². The van der Waals surface area contributed by atoms with Gasteiger partial charge in [-0.1, -0.05) is 12.2 Å². The SMILES string of the molecule is O=C1C=CC(=O)ON(C(=O)N2CC=CCC23OC(=O)C=CC(=O)O3)O1. The first-order chi connectivity index (χ1) is 11.9. The van der Waals surface area contributed by atoms with E-state index >= 15 is 0 Å². The average molecular weight is 350 g/mol. The van der Waals surface area contributed by atoms with Crippen molar-refractivity contribution in [3.63, 3.8) is 0 Å². The van der Waals surface area contributed by atoms with Gasteiger partial charge in [0.05, 0.1) is 6.42 Å². The number of hydrogen-bond donors (Lipinski definition) is 0. The molecule has 0 saturated heterocycles. The van der Waals surface area contributed by atoms with Crippen LogP contribution in [-0.2, 0) is 38.3 Å². The van der Waals surface area contributed by atoms with Gasteiger partial charge in [-0.05, 0) is 0 Å². The molecule has 0 aromatic carbocycles. The lowest BCUT2D eigenvalue weighted by molar-refractivity contribution is -0.309. The number of hydroxylamine groups is 2. The van der Waals surface area contributed by atoms with Crippen LogP contribution < -0.4 is 0 Å². The van der Waals surface area contributed by atoms with E-state index in [1.165, 1.54) is 12.2 Å². The molecule has 0 fully saturated rings. The number of esters is 2. The predicted molar refractivity (Wildman–Crippen MR) is 73.1 cm³/mol. The van der Waals surface area contributed by atoms with Gasteiger partial charge in [-0.3, -0.25) is 9.68 Å². The summed E-state index contributed by atoms with van der Waals surface area (Å²) in [5.74, 6) is -6.05. The van der Waals surface area contributed by atoms with Crippen molar-refractivity contribution in [2.75, 3.05) is 6.54 Å². The Kier molecular flexibility index (Phi) is 3.97. The van der Waals surface area contributed by atoms with E-state index in [9.17, 15) is 24.0 Å². The molecule has 0 bridgehead atoms. The minimum Gasteiger partial charge on any atom is -0.400 e. The topological polar surface area (TPSA) is 129 Å². The van der Waals surface area contributed by atoms with E-state index < -0.39 is 35.8 Å². The third-order valence-corrected chi connectivity index (χ3v) is 3.21. The molecule has 0 aromatic heterocycles. The van der Waals surface area contributed by atoms with Crippen molar-refractivity contribution in [1.29, 1.82) is 0 Å². The molecule has 2 amide bonds. The Labute approximate surface area is 139 Å². The van der Waals surface area contributed by atoms with Crippen LogP contribution in [0.3, 0.4) is 0 Å². The molecule has 0 saturated carbocycles. The number of rotatable bonds is 0. The number of hydrogen-bond acceptors (Lipinski definition) is 9. The largest absolute Gasteiger partial charge is 0.400 e. The molecular formula is C14H10N2O9. The lowest BCUT2D eigenvalue weighted by atomic mass is 10.2. The molecule has 11 heteroatoms. The lowest BCUT2D eigenvalue weighted by Crippen LogP contribution is -2.61. The Bertz CT molecular complexity index is 711. The average Bonchev–Trinajstić information content (AvgIpc) is 2.82. The maximum absolute atomic E-state index is 12.6. The van der Waals surface area contributed by atoms with E-state index in [-0.39, 0.29) is 18.2 Å². The van der Waals surface area contributed by atoms with Crippen molar-refractivity contribution < 1.29 is 43.1 Å². The van der Waals surface area contributed by atoms with Crippen LogP contribution in [-0.4, -0.2) is 52.5 Å². The van der Waals surface area contributed by atoms with Gasteiger partial charge in [0.1, 0.15) is 0 Å². The predicted octanol–water partition coefficient (Wildman–Crippen LogP) is -0.534. The van der Waals surface area contributed by atoms with Crippen LogP contribution in [0.5, 0.6) is 0 Å². The molecule has 0 atom stereocenters. The Morgan fingerprint density at radius 1 is 0.840 bits per heavy atom. The molecule has 0 radical (unpaired) electrons. The Balaban J connectivity index is 1.90. The number of nitrogens with zero attached hydrogens (tertiary/aromatic N) is 2. The summed E-state index contributed by atoms with van der Waals surface area (Å²) in [6, 6.07) is -1.20. The fourth-order valence-corrected chi connectivity index (χ4v) is 2.17. The third-order valence-electron chi connectivity index (χ3n) is 3.21. The first kappa shape index (κ1) is 16.2. The maximum Gasteiger partial charge on any atom is 0.397 e. The van der Waals surface area contributed by atoms with Crippen LogP contribution in [0.25, 0.3) is 0 Å². The zero-order valence-corrected chi connectivity index (χ0v) is 12.4. The lowest BCUT2D eigenvalue weighted by Gasteiger charge is -2.41. The molecule has 0 unspecified atom stereocenters. The number of carbonyl (C=O) groups is 5. The maximum atomic E-state index is 12.6. The van der Waals surface area contributed by atoms with Gasteiger partial charge in [-0.25, -0.2) is 28.9 Å². The Morgan fingerprint density at radius 3 is 1.92 bits per heavy atom. The van der Waals surface area contributed by atoms with E-state index in [2.05, 4.69) is 9.68 Å². The first-order valence-corrected chi connectivity index (χ1v) is 6.92. The van der Waals surface area contributed by atoms with E-state index in [0.717, 1.165) is 29.2 Å². The molecule has 3 aliphatic rings. The summed E-state index contributed by atoms with van der Waals surface area (Å²) in [4.78, 5) is 68.8. The van der Waals surface area contributed by atoms with Crippen LogP contribution >= 0.6 is 0 Å². The van der Waals surface area contributed by atoms with E-state index in [1.807, 2.05) is 0 Å². The highest BCUT2D eigenvalue weighted by molar-refractivity contribution is 5.95. The highest BCUT2D eigenvalue weighted by Gasteiger charge is 2.51. The number of urea groups is 1.